The van der Waals surface area contributed by atoms with Crippen LogP contribution in [-0.2, 0) is 4.79 Å². The van der Waals surface area contributed by atoms with E-state index in [-0.39, 0.29) is 18.4 Å². The van der Waals surface area contributed by atoms with Gasteiger partial charge in [0.2, 0.25) is 5.91 Å². The molecule has 0 saturated heterocycles. The highest BCUT2D eigenvalue weighted by Gasteiger charge is 2.27. The van der Waals surface area contributed by atoms with Crippen LogP contribution in [0.5, 0.6) is 0 Å². The van der Waals surface area contributed by atoms with E-state index in [0.717, 1.165) is 0 Å². The van der Waals surface area contributed by atoms with Crippen LogP contribution in [0.2, 0.25) is 10.0 Å². The molecule has 21 heavy (non-hydrogen) atoms. The van der Waals surface area contributed by atoms with Crippen molar-refractivity contribution in [1.82, 2.24) is 0 Å². The molecular formula is C15H10Cl2N2O2. The molecule has 0 bridgehead atoms. The van der Waals surface area contributed by atoms with Crippen molar-refractivity contribution in [2.75, 3.05) is 16.8 Å². The quantitative estimate of drug-likeness (QED) is 0.872. The third-order valence-corrected chi connectivity index (χ3v) is 3.92. The largest absolute Gasteiger partial charge is 0.323 e. The lowest BCUT2D eigenvalue weighted by molar-refractivity contribution is -0.115. The first kappa shape index (κ1) is 13.9. The number of nitrogens with one attached hydrogen (secondary N) is 1. The van der Waals surface area contributed by atoms with Gasteiger partial charge in [-0.2, -0.15) is 0 Å². The Morgan fingerprint density at radius 1 is 1.10 bits per heavy atom. The summed E-state index contributed by atoms with van der Waals surface area (Å²) in [5, 5.41) is 3.42. The summed E-state index contributed by atoms with van der Waals surface area (Å²) in [6.07, 6.45) is 0. The Morgan fingerprint density at radius 2 is 1.86 bits per heavy atom. The SMILES string of the molecule is O=C1CN(C(=O)c2ccc(Cl)c(Cl)c2)c2ccccc2N1. The Labute approximate surface area is 131 Å². The molecule has 1 N–H and O–H groups in total. The molecule has 0 aliphatic carbocycles. The molecule has 0 aromatic heterocycles. The van der Waals surface area contributed by atoms with E-state index in [1.54, 1.807) is 30.3 Å². The zero-order valence-electron chi connectivity index (χ0n) is 10.8. The van der Waals surface area contributed by atoms with Crippen molar-refractivity contribution in [2.45, 2.75) is 0 Å². The van der Waals surface area contributed by atoms with Gasteiger partial charge in [0.1, 0.15) is 6.54 Å². The number of carbonyl (C=O) groups excluding carboxylic acids is 2. The average molecular weight is 321 g/mol. The highest BCUT2D eigenvalue weighted by molar-refractivity contribution is 6.42. The second-order valence-electron chi connectivity index (χ2n) is 4.59. The van der Waals surface area contributed by atoms with E-state index in [1.165, 1.54) is 11.0 Å². The van der Waals surface area contributed by atoms with Crippen LogP contribution in [0.1, 0.15) is 10.4 Å². The maximum Gasteiger partial charge on any atom is 0.258 e. The standard InChI is InChI=1S/C15H10Cl2N2O2/c16-10-6-5-9(7-11(10)17)15(21)19-8-14(20)18-12-3-1-2-4-13(12)19/h1-7H,8H2,(H,18,20). The van der Waals surface area contributed by atoms with Gasteiger partial charge in [0.05, 0.1) is 21.4 Å². The summed E-state index contributed by atoms with van der Waals surface area (Å²) in [5.74, 6) is -0.530. The van der Waals surface area contributed by atoms with Crippen LogP contribution in [0, 0.1) is 0 Å². The number of amides is 2. The fourth-order valence-electron chi connectivity index (χ4n) is 2.20. The third kappa shape index (κ3) is 2.60. The van der Waals surface area contributed by atoms with Crippen LogP contribution < -0.4 is 10.2 Å². The van der Waals surface area contributed by atoms with Crippen molar-refractivity contribution in [3.8, 4) is 0 Å². The van der Waals surface area contributed by atoms with Gasteiger partial charge >= 0.3 is 0 Å². The summed E-state index contributed by atoms with van der Waals surface area (Å²) < 4.78 is 0. The number of para-hydroxylation sites is 2. The molecular weight excluding hydrogens is 311 g/mol. The fraction of sp³-hybridized carbons (Fsp3) is 0.0667. The third-order valence-electron chi connectivity index (χ3n) is 3.18. The Bertz CT molecular complexity index is 746. The summed E-state index contributed by atoms with van der Waals surface area (Å²) in [7, 11) is 0. The minimum absolute atomic E-state index is 0.0317. The second-order valence-corrected chi connectivity index (χ2v) is 5.40. The van der Waals surface area contributed by atoms with Gasteiger partial charge in [0, 0.05) is 5.56 Å². The molecule has 3 rings (SSSR count). The molecule has 0 unspecified atom stereocenters. The lowest BCUT2D eigenvalue weighted by Crippen LogP contribution is -2.42. The number of carbonyl (C=O) groups is 2. The summed E-state index contributed by atoms with van der Waals surface area (Å²) >= 11 is 11.8. The van der Waals surface area contributed by atoms with Crippen LogP contribution >= 0.6 is 23.2 Å². The molecule has 6 heteroatoms. The molecule has 1 aliphatic heterocycles. The van der Waals surface area contributed by atoms with E-state index >= 15 is 0 Å². The molecule has 4 nitrogen and oxygen atoms in total. The number of anilines is 2. The first-order valence-electron chi connectivity index (χ1n) is 6.22. The first-order chi connectivity index (χ1) is 10.1. The van der Waals surface area contributed by atoms with E-state index in [9.17, 15) is 9.59 Å². The lowest BCUT2D eigenvalue weighted by atomic mass is 10.1. The predicted octanol–water partition coefficient (Wildman–Crippen LogP) is 3.59. The number of rotatable bonds is 1. The smallest absolute Gasteiger partial charge is 0.258 e. The summed E-state index contributed by atoms with van der Waals surface area (Å²) in [6.45, 7) is -0.0317. The molecule has 0 saturated carbocycles. The monoisotopic (exact) mass is 320 g/mol. The Hall–Kier alpha value is -2.04. The van der Waals surface area contributed by atoms with E-state index in [0.29, 0.717) is 27.0 Å². The van der Waals surface area contributed by atoms with Crippen molar-refractivity contribution in [1.29, 1.82) is 0 Å². The van der Waals surface area contributed by atoms with Gasteiger partial charge in [-0.3, -0.25) is 14.5 Å². The van der Waals surface area contributed by atoms with Crippen molar-refractivity contribution >= 4 is 46.4 Å². The van der Waals surface area contributed by atoms with E-state index < -0.39 is 0 Å². The molecule has 0 radical (unpaired) electrons. The zero-order chi connectivity index (χ0) is 15.0. The Balaban J connectivity index is 2.01. The van der Waals surface area contributed by atoms with Gasteiger partial charge in [-0.1, -0.05) is 35.3 Å². The van der Waals surface area contributed by atoms with Gasteiger partial charge in [-0.25, -0.2) is 0 Å². The topological polar surface area (TPSA) is 49.4 Å². The first-order valence-corrected chi connectivity index (χ1v) is 6.97. The number of halogens is 2. The lowest BCUT2D eigenvalue weighted by Gasteiger charge is -2.29. The number of fused-ring (bicyclic) bond motifs is 1. The highest BCUT2D eigenvalue weighted by Crippen LogP contribution is 2.31. The maximum absolute atomic E-state index is 12.6. The van der Waals surface area contributed by atoms with Crippen LogP contribution in [0.3, 0.4) is 0 Å². The van der Waals surface area contributed by atoms with E-state index in [1.807, 2.05) is 6.07 Å². The van der Waals surface area contributed by atoms with Crippen LogP contribution in [0.25, 0.3) is 0 Å². The number of hydrogen-bond acceptors (Lipinski definition) is 2. The molecule has 0 atom stereocenters. The maximum atomic E-state index is 12.6. The van der Waals surface area contributed by atoms with Crippen LogP contribution in [-0.4, -0.2) is 18.4 Å². The minimum Gasteiger partial charge on any atom is -0.323 e. The van der Waals surface area contributed by atoms with Gasteiger partial charge in [-0.05, 0) is 30.3 Å². The Kier molecular flexibility index (Phi) is 3.57. The van der Waals surface area contributed by atoms with Gasteiger partial charge < -0.3 is 5.32 Å². The predicted molar refractivity (Wildman–Crippen MR) is 83.2 cm³/mol. The number of benzene rings is 2. The molecule has 2 aromatic rings. The average Bonchev–Trinajstić information content (AvgIpc) is 2.48. The van der Waals surface area contributed by atoms with Gasteiger partial charge in [0.25, 0.3) is 5.91 Å². The molecule has 2 amide bonds. The van der Waals surface area contributed by atoms with E-state index in [2.05, 4.69) is 5.32 Å². The van der Waals surface area contributed by atoms with Crippen molar-refractivity contribution < 1.29 is 9.59 Å². The molecule has 1 heterocycles. The minimum atomic E-state index is -0.295. The van der Waals surface area contributed by atoms with Crippen LogP contribution in [0.15, 0.2) is 42.5 Å². The van der Waals surface area contributed by atoms with Crippen molar-refractivity contribution in [2.24, 2.45) is 0 Å². The van der Waals surface area contributed by atoms with Gasteiger partial charge in [0.15, 0.2) is 0 Å². The number of hydrogen-bond donors (Lipinski definition) is 1. The summed E-state index contributed by atoms with van der Waals surface area (Å²) in [5.41, 5.74) is 1.66. The molecule has 0 fully saturated rings. The Morgan fingerprint density at radius 3 is 2.62 bits per heavy atom. The molecule has 0 spiro atoms. The normalized spacial score (nSPS) is 13.6. The van der Waals surface area contributed by atoms with Crippen LogP contribution in [0.4, 0.5) is 11.4 Å². The van der Waals surface area contributed by atoms with Gasteiger partial charge in [-0.15, -0.1) is 0 Å². The van der Waals surface area contributed by atoms with E-state index in [4.69, 9.17) is 23.2 Å². The summed E-state index contributed by atoms with van der Waals surface area (Å²) in [4.78, 5) is 25.8. The zero-order valence-corrected chi connectivity index (χ0v) is 12.3. The molecule has 106 valence electrons. The number of nitrogens with zero attached hydrogens (tertiary/aromatic N) is 1. The fourth-order valence-corrected chi connectivity index (χ4v) is 2.50. The molecule has 2 aromatic carbocycles. The second kappa shape index (κ2) is 5.39. The highest BCUT2D eigenvalue weighted by atomic mass is 35.5. The molecule has 1 aliphatic rings. The van der Waals surface area contributed by atoms with Crippen molar-refractivity contribution in [3.05, 3.63) is 58.1 Å². The van der Waals surface area contributed by atoms with Crippen molar-refractivity contribution in [3.63, 3.8) is 0 Å². The summed E-state index contributed by atoms with van der Waals surface area (Å²) in [6, 6.07) is 11.8.